The van der Waals surface area contributed by atoms with Crippen molar-refractivity contribution >= 4 is 7.32 Å². The van der Waals surface area contributed by atoms with Crippen molar-refractivity contribution in [2.75, 3.05) is 7.11 Å². The van der Waals surface area contributed by atoms with Gasteiger partial charge in [0.1, 0.15) is 5.75 Å². The fourth-order valence-electron chi connectivity index (χ4n) is 1.99. The lowest BCUT2D eigenvalue weighted by Crippen LogP contribution is -2.55. The van der Waals surface area contributed by atoms with E-state index in [0.717, 1.165) is 0 Å². The minimum atomic E-state index is -6.20. The maximum Gasteiger partial charge on any atom is 0.707 e. The Morgan fingerprint density at radius 2 is 1.24 bits per heavy atom. The van der Waals surface area contributed by atoms with E-state index in [1.807, 2.05) is 0 Å². The van der Waals surface area contributed by atoms with E-state index >= 15 is 0 Å². The summed E-state index contributed by atoms with van der Waals surface area (Å²) >= 11 is 0. The lowest BCUT2D eigenvalue weighted by molar-refractivity contribution is -0.383. The summed E-state index contributed by atoms with van der Waals surface area (Å²) in [6.07, 6.45) is -17.7. The Bertz CT molecular complexity index is 595. The minimum absolute atomic E-state index is 0.00386. The monoisotopic (exact) mass is 386 g/mol. The van der Waals surface area contributed by atoms with Crippen LogP contribution in [0.1, 0.15) is 11.1 Å². The Hall–Kier alpha value is -1.67. The van der Waals surface area contributed by atoms with Gasteiger partial charge in [0.25, 0.3) is 5.60 Å². The Labute approximate surface area is 133 Å². The number of methoxy groups -OCH3 is 1. The molecule has 25 heavy (non-hydrogen) atoms. The van der Waals surface area contributed by atoms with E-state index in [-0.39, 0.29) is 19.2 Å². The van der Waals surface area contributed by atoms with Crippen molar-refractivity contribution in [3.8, 4) is 5.75 Å². The summed E-state index contributed by atoms with van der Waals surface area (Å²) in [5, 5.41) is 17.1. The molecule has 0 saturated heterocycles. The topological polar surface area (TPSA) is 58.9 Å². The Balaban J connectivity index is 3.81. The normalized spacial score (nSPS) is 13.8. The molecule has 142 valence electrons. The molecular weight excluding hydrogens is 378 g/mol. The molecule has 0 aromatic heterocycles. The van der Waals surface area contributed by atoms with Crippen molar-refractivity contribution in [1.82, 2.24) is 0 Å². The smallest absolute Gasteiger partial charge is 0.512 e. The molecule has 0 aliphatic heterocycles. The summed E-state index contributed by atoms with van der Waals surface area (Å²) in [6, 6.07) is -0.504. The summed E-state index contributed by atoms with van der Waals surface area (Å²) in [4.78, 5) is 0. The van der Waals surface area contributed by atoms with Crippen molar-refractivity contribution < 1.29 is 59.0 Å². The van der Waals surface area contributed by atoms with Crippen LogP contribution >= 0.6 is 0 Å². The van der Waals surface area contributed by atoms with Gasteiger partial charge in [-0.2, -0.15) is 39.5 Å². The quantitative estimate of drug-likeness (QED) is 0.617. The highest BCUT2D eigenvalue weighted by Gasteiger charge is 2.73. The third kappa shape index (κ3) is 4.12. The van der Waals surface area contributed by atoms with Gasteiger partial charge in [-0.25, -0.2) is 0 Å². The van der Waals surface area contributed by atoms with Gasteiger partial charge >= 0.3 is 25.9 Å². The second-order valence-electron chi connectivity index (χ2n) is 4.57. The van der Waals surface area contributed by atoms with Crippen molar-refractivity contribution in [3.05, 3.63) is 29.3 Å². The van der Waals surface area contributed by atoms with Crippen molar-refractivity contribution in [2.24, 2.45) is 0 Å². The van der Waals surface area contributed by atoms with E-state index in [0.29, 0.717) is 0 Å². The largest absolute Gasteiger partial charge is 0.707 e. The maximum atomic E-state index is 13.1. The van der Waals surface area contributed by atoms with Crippen LogP contribution < -0.4 is 4.65 Å². The molecule has 0 amide bonds. The molecule has 0 atom stereocenters. The molecule has 0 heterocycles. The van der Waals surface area contributed by atoms with Gasteiger partial charge in [-0.15, -0.1) is 0 Å². The number of rotatable bonds is 4. The predicted molar refractivity (Wildman–Crippen MR) is 63.1 cm³/mol. The third-order valence-corrected chi connectivity index (χ3v) is 2.99. The van der Waals surface area contributed by atoms with E-state index < -0.39 is 54.4 Å². The van der Waals surface area contributed by atoms with Crippen molar-refractivity contribution in [2.45, 2.75) is 24.1 Å². The first-order valence-corrected chi connectivity index (χ1v) is 6.00. The molecule has 2 N–H and O–H groups in total. The summed E-state index contributed by atoms with van der Waals surface area (Å²) in [7, 11) is -2.77. The van der Waals surface area contributed by atoms with Gasteiger partial charge in [-0.1, -0.05) is 0 Å². The summed E-state index contributed by atoms with van der Waals surface area (Å²) in [5.41, 5.74) is -9.05. The van der Waals surface area contributed by atoms with Gasteiger partial charge in [-0.3, -0.25) is 0 Å². The van der Waals surface area contributed by atoms with E-state index in [9.17, 15) is 39.5 Å². The highest BCUT2D eigenvalue weighted by atomic mass is 19.4. The van der Waals surface area contributed by atoms with E-state index in [4.69, 9.17) is 10.0 Å². The Kier molecular flexibility index (Phi) is 5.62. The molecule has 1 aromatic carbocycles. The van der Waals surface area contributed by atoms with Gasteiger partial charge < -0.3 is 19.4 Å². The summed E-state index contributed by atoms with van der Waals surface area (Å²) in [5.74, 6) is -1.30. The van der Waals surface area contributed by atoms with Crippen LogP contribution in [0.5, 0.6) is 5.75 Å². The standard InChI is InChI=1S/C11H8BF9O4/c1-24-8(10(16,17)18,11(19,20)21)5-2-6(9(13,14)15)4-7(3-5)25-12(22)23/h2-4,22-23H,1H3. The fraction of sp³-hybridized carbons (Fsp3) is 0.455. The van der Waals surface area contributed by atoms with Crippen LogP contribution in [0.4, 0.5) is 39.5 Å². The zero-order valence-corrected chi connectivity index (χ0v) is 11.9. The number of ether oxygens (including phenoxy) is 1. The average molecular weight is 386 g/mol. The highest BCUT2D eigenvalue weighted by molar-refractivity contribution is 6.33. The van der Waals surface area contributed by atoms with Gasteiger partial charge in [0, 0.05) is 12.7 Å². The van der Waals surface area contributed by atoms with E-state index in [1.54, 1.807) is 0 Å². The minimum Gasteiger partial charge on any atom is -0.512 e. The predicted octanol–water partition coefficient (Wildman–Crippen LogP) is 3.02. The van der Waals surface area contributed by atoms with Crippen LogP contribution in [0.25, 0.3) is 0 Å². The Morgan fingerprint density at radius 3 is 1.56 bits per heavy atom. The SMILES string of the molecule is COC(c1cc(OB(O)O)cc(C(F)(F)F)c1)(C(F)(F)F)C(F)(F)F. The Morgan fingerprint density at radius 1 is 0.800 bits per heavy atom. The zero-order valence-electron chi connectivity index (χ0n) is 11.9. The van der Waals surface area contributed by atoms with Crippen LogP contribution in [0.15, 0.2) is 18.2 Å². The lowest BCUT2D eigenvalue weighted by atomic mass is 9.90. The molecule has 0 spiro atoms. The second kappa shape index (κ2) is 6.57. The number of hydrogen-bond donors (Lipinski definition) is 2. The molecule has 0 aliphatic carbocycles. The molecular formula is C11H8BF9O4. The van der Waals surface area contributed by atoms with Gasteiger partial charge in [0.05, 0.1) is 5.56 Å². The molecule has 4 nitrogen and oxygen atoms in total. The second-order valence-corrected chi connectivity index (χ2v) is 4.57. The fourth-order valence-corrected chi connectivity index (χ4v) is 1.99. The molecule has 14 heteroatoms. The number of halogens is 9. The van der Waals surface area contributed by atoms with Gasteiger partial charge in [0.2, 0.25) is 0 Å². The first-order valence-electron chi connectivity index (χ1n) is 6.00. The number of benzene rings is 1. The van der Waals surface area contributed by atoms with Gasteiger partial charge in [-0.05, 0) is 18.2 Å². The molecule has 0 unspecified atom stereocenters. The molecule has 0 radical (unpaired) electrons. The van der Waals surface area contributed by atoms with Crippen LogP contribution in [0.2, 0.25) is 0 Å². The van der Waals surface area contributed by atoms with Crippen LogP contribution in [0.3, 0.4) is 0 Å². The highest BCUT2D eigenvalue weighted by Crippen LogP contribution is 2.53. The van der Waals surface area contributed by atoms with Crippen LogP contribution in [-0.2, 0) is 16.5 Å². The maximum absolute atomic E-state index is 13.1. The van der Waals surface area contributed by atoms with E-state index in [1.165, 1.54) is 0 Å². The van der Waals surface area contributed by atoms with Crippen LogP contribution in [-0.4, -0.2) is 36.8 Å². The first kappa shape index (κ1) is 21.4. The summed E-state index contributed by atoms with van der Waals surface area (Å²) < 4.78 is 125. The molecule has 1 aromatic rings. The number of alkyl halides is 9. The number of hydrogen-bond acceptors (Lipinski definition) is 4. The van der Waals surface area contributed by atoms with Crippen molar-refractivity contribution in [1.29, 1.82) is 0 Å². The molecule has 1 rings (SSSR count). The molecule has 0 fully saturated rings. The van der Waals surface area contributed by atoms with E-state index in [2.05, 4.69) is 9.39 Å². The summed E-state index contributed by atoms with van der Waals surface area (Å²) in [6.45, 7) is 0. The molecule has 0 bridgehead atoms. The lowest BCUT2D eigenvalue weighted by Gasteiger charge is -2.36. The average Bonchev–Trinajstić information content (AvgIpc) is 2.34. The van der Waals surface area contributed by atoms with Crippen molar-refractivity contribution in [3.63, 3.8) is 0 Å². The zero-order chi connectivity index (χ0) is 19.8. The third-order valence-electron chi connectivity index (χ3n) is 2.99. The molecule has 0 saturated carbocycles. The molecule has 0 aliphatic rings. The first-order chi connectivity index (χ1) is 11.1. The van der Waals surface area contributed by atoms with Gasteiger partial charge in [0.15, 0.2) is 0 Å². The van der Waals surface area contributed by atoms with Crippen LogP contribution in [0, 0.1) is 0 Å².